The van der Waals surface area contributed by atoms with Crippen molar-refractivity contribution in [2.45, 2.75) is 0 Å². The van der Waals surface area contributed by atoms with Crippen molar-refractivity contribution in [3.63, 3.8) is 0 Å². The fourth-order valence-electron chi connectivity index (χ4n) is 2.41. The number of hydrogen-bond donors (Lipinski definition) is 0. The summed E-state index contributed by atoms with van der Waals surface area (Å²) in [4.78, 5) is 4.39. The summed E-state index contributed by atoms with van der Waals surface area (Å²) in [5.74, 6) is 0. The third-order valence-electron chi connectivity index (χ3n) is 3.27. The first-order valence-corrected chi connectivity index (χ1v) is 6.16. The van der Waals surface area contributed by atoms with Crippen LogP contribution in [0.1, 0.15) is 1.37 Å². The van der Waals surface area contributed by atoms with Gasteiger partial charge in [0.2, 0.25) is 0 Å². The van der Waals surface area contributed by atoms with Crippen LogP contribution in [0.15, 0.2) is 71.3 Å². The number of fused-ring (bicyclic) bond motifs is 3. The fraction of sp³-hybridized carbons (Fsp3) is 0. The summed E-state index contributed by atoms with van der Waals surface area (Å²) in [6.07, 6.45) is 1.77. The average Bonchev–Trinajstić information content (AvgIpc) is 2.86. The lowest BCUT2D eigenvalue weighted by atomic mass is 10.0. The molecule has 0 amide bonds. The molecule has 0 saturated carbocycles. The number of benzene rings is 2. The van der Waals surface area contributed by atoms with Crippen LogP contribution in [0.3, 0.4) is 0 Å². The molecule has 0 aliphatic heterocycles. The highest BCUT2D eigenvalue weighted by Gasteiger charge is 2.11. The smallest absolute Gasteiger partial charge is 0.153 e. The van der Waals surface area contributed by atoms with Crippen molar-refractivity contribution in [3.05, 3.63) is 66.8 Å². The van der Waals surface area contributed by atoms with Crippen LogP contribution < -0.4 is 0 Å². The Bertz CT molecular complexity index is 926. The summed E-state index contributed by atoms with van der Waals surface area (Å²) in [7, 11) is 0. The Labute approximate surface area is 111 Å². The van der Waals surface area contributed by atoms with Crippen LogP contribution in [0.5, 0.6) is 0 Å². The van der Waals surface area contributed by atoms with Crippen molar-refractivity contribution in [2.75, 3.05) is 0 Å². The van der Waals surface area contributed by atoms with Crippen LogP contribution in [0.4, 0.5) is 0 Å². The van der Waals surface area contributed by atoms with Gasteiger partial charge in [-0.2, -0.15) is 0 Å². The summed E-state index contributed by atoms with van der Waals surface area (Å²) in [6, 6.07) is 17.8. The summed E-state index contributed by atoms with van der Waals surface area (Å²) >= 11 is 0. The molecule has 0 unspecified atom stereocenters. The molecule has 2 heterocycles. The van der Waals surface area contributed by atoms with E-state index in [1.54, 1.807) is 12.3 Å². The Morgan fingerprint density at radius 2 is 1.95 bits per heavy atom. The lowest BCUT2D eigenvalue weighted by Crippen LogP contribution is -1.77. The Morgan fingerprint density at radius 1 is 0.947 bits per heavy atom. The first kappa shape index (κ1) is 9.34. The monoisotopic (exact) mass is 246 g/mol. The van der Waals surface area contributed by atoms with Gasteiger partial charge in [0.25, 0.3) is 0 Å². The molecule has 0 N–H and O–H groups in total. The predicted octanol–water partition coefficient (Wildman–Crippen LogP) is 4.65. The molecule has 2 aromatic heterocycles. The van der Waals surface area contributed by atoms with Gasteiger partial charge < -0.3 is 4.42 Å². The molecule has 2 nitrogen and oxygen atoms in total. The summed E-state index contributed by atoms with van der Waals surface area (Å²) in [6.45, 7) is 0. The predicted molar refractivity (Wildman–Crippen MR) is 77.0 cm³/mol. The van der Waals surface area contributed by atoms with E-state index in [4.69, 9.17) is 5.79 Å². The molecule has 0 radical (unpaired) electrons. The van der Waals surface area contributed by atoms with Crippen LogP contribution in [-0.2, 0) is 0 Å². The highest BCUT2D eigenvalue weighted by atomic mass is 16.3. The van der Waals surface area contributed by atoms with Gasteiger partial charge in [0.05, 0.1) is 1.37 Å². The second-order valence-corrected chi connectivity index (χ2v) is 4.43. The van der Waals surface area contributed by atoms with E-state index < -0.39 is 0 Å². The number of furan rings is 1. The van der Waals surface area contributed by atoms with E-state index in [0.29, 0.717) is 6.04 Å². The first-order chi connectivity index (χ1) is 9.83. The van der Waals surface area contributed by atoms with Gasteiger partial charge in [0.1, 0.15) is 11.1 Å². The molecule has 2 aromatic carbocycles. The lowest BCUT2D eigenvalue weighted by molar-refractivity contribution is 0.669. The third kappa shape index (κ3) is 1.54. The molecule has 0 fully saturated rings. The second-order valence-electron chi connectivity index (χ2n) is 4.43. The average molecular weight is 246 g/mol. The Hall–Kier alpha value is -2.61. The van der Waals surface area contributed by atoms with Gasteiger partial charge in [-0.05, 0) is 23.8 Å². The maximum atomic E-state index is 7.76. The lowest BCUT2D eigenvalue weighted by Gasteiger charge is -2.01. The molecule has 90 valence electrons. The number of para-hydroxylation sites is 1. The van der Waals surface area contributed by atoms with Crippen LogP contribution in [0, 0.1) is 0 Å². The number of rotatable bonds is 1. The van der Waals surface area contributed by atoms with E-state index in [9.17, 15) is 0 Å². The van der Waals surface area contributed by atoms with Crippen LogP contribution in [-0.4, -0.2) is 4.98 Å². The SMILES string of the molecule is [2H]c1cccc(-c2cccc3c2oc2cccnc23)c1. The van der Waals surface area contributed by atoms with Gasteiger partial charge in [0.15, 0.2) is 5.58 Å². The molecule has 0 aliphatic carbocycles. The summed E-state index contributed by atoms with van der Waals surface area (Å²) < 4.78 is 13.7. The van der Waals surface area contributed by atoms with Gasteiger partial charge in [0, 0.05) is 17.1 Å². The number of nitrogens with zero attached hydrogens (tertiary/aromatic N) is 1. The molecule has 19 heavy (non-hydrogen) atoms. The maximum Gasteiger partial charge on any atom is 0.153 e. The highest BCUT2D eigenvalue weighted by Crippen LogP contribution is 2.34. The van der Waals surface area contributed by atoms with Gasteiger partial charge in [-0.25, -0.2) is 0 Å². The van der Waals surface area contributed by atoms with Gasteiger partial charge in [-0.3, -0.25) is 4.98 Å². The number of pyridine rings is 1. The van der Waals surface area contributed by atoms with Crippen molar-refractivity contribution in [2.24, 2.45) is 0 Å². The minimum Gasteiger partial charge on any atom is -0.454 e. The van der Waals surface area contributed by atoms with E-state index in [0.717, 1.165) is 33.2 Å². The largest absolute Gasteiger partial charge is 0.454 e. The number of hydrogen-bond acceptors (Lipinski definition) is 2. The first-order valence-electron chi connectivity index (χ1n) is 6.66. The van der Waals surface area contributed by atoms with E-state index >= 15 is 0 Å². The minimum absolute atomic E-state index is 0.494. The molecular formula is C17H11NO. The molecule has 0 saturated heterocycles. The van der Waals surface area contributed by atoms with Crippen LogP contribution in [0.2, 0.25) is 0 Å². The normalized spacial score (nSPS) is 11.9. The molecule has 0 atom stereocenters. The fourth-order valence-corrected chi connectivity index (χ4v) is 2.41. The van der Waals surface area contributed by atoms with E-state index in [1.807, 2.05) is 48.5 Å². The second kappa shape index (κ2) is 3.95. The minimum atomic E-state index is 0.494. The standard InChI is InChI=1S/C17H11NO/c1-2-6-12(7-3-1)13-8-4-9-14-16-15(19-17(13)14)10-5-11-18-16/h1-11H/i2D. The zero-order valence-corrected chi connectivity index (χ0v) is 10.1. The molecule has 0 spiro atoms. The molecule has 0 bridgehead atoms. The van der Waals surface area contributed by atoms with Crippen molar-refractivity contribution in [1.29, 1.82) is 0 Å². The zero-order chi connectivity index (χ0) is 13.5. The quantitative estimate of drug-likeness (QED) is 0.488. The van der Waals surface area contributed by atoms with E-state index in [2.05, 4.69) is 4.98 Å². The Balaban J connectivity index is 2.10. The van der Waals surface area contributed by atoms with Crippen molar-refractivity contribution in [3.8, 4) is 11.1 Å². The van der Waals surface area contributed by atoms with Gasteiger partial charge in [-0.15, -0.1) is 0 Å². The highest BCUT2D eigenvalue weighted by molar-refractivity contribution is 6.07. The molecule has 2 heteroatoms. The van der Waals surface area contributed by atoms with Gasteiger partial charge in [-0.1, -0.05) is 42.4 Å². The molecule has 4 rings (SSSR count). The molecule has 0 aliphatic rings. The third-order valence-corrected chi connectivity index (χ3v) is 3.27. The Morgan fingerprint density at radius 3 is 2.89 bits per heavy atom. The van der Waals surface area contributed by atoms with Crippen LogP contribution >= 0.6 is 0 Å². The molecular weight excluding hydrogens is 234 g/mol. The summed E-state index contributed by atoms with van der Waals surface area (Å²) in [5, 5.41) is 1.01. The van der Waals surface area contributed by atoms with Crippen molar-refractivity contribution < 1.29 is 5.79 Å². The van der Waals surface area contributed by atoms with Gasteiger partial charge >= 0.3 is 0 Å². The zero-order valence-electron chi connectivity index (χ0n) is 11.1. The van der Waals surface area contributed by atoms with Crippen molar-refractivity contribution >= 4 is 22.1 Å². The maximum absolute atomic E-state index is 7.76. The number of aromatic nitrogens is 1. The summed E-state index contributed by atoms with van der Waals surface area (Å²) in [5.41, 5.74) is 4.48. The van der Waals surface area contributed by atoms with Crippen LogP contribution in [0.25, 0.3) is 33.2 Å². The topological polar surface area (TPSA) is 26.0 Å². The molecule has 4 aromatic rings. The van der Waals surface area contributed by atoms with Crippen molar-refractivity contribution in [1.82, 2.24) is 4.98 Å². The van der Waals surface area contributed by atoms with E-state index in [1.165, 1.54) is 0 Å². The van der Waals surface area contributed by atoms with E-state index in [-0.39, 0.29) is 0 Å². The Kier molecular flexibility index (Phi) is 1.94.